The summed E-state index contributed by atoms with van der Waals surface area (Å²) in [6.45, 7) is 0.866. The van der Waals surface area contributed by atoms with Crippen LogP contribution in [0.2, 0.25) is 0 Å². The summed E-state index contributed by atoms with van der Waals surface area (Å²) in [7, 11) is 1.37. The molecule has 0 atom stereocenters. The normalized spacial score (nSPS) is 13.7. The Morgan fingerprint density at radius 3 is 2.57 bits per heavy atom. The highest BCUT2D eigenvalue weighted by molar-refractivity contribution is 8.13. The molecule has 0 N–H and O–H groups in total. The van der Waals surface area contributed by atoms with Crippen LogP contribution >= 0.6 is 10.7 Å². The van der Waals surface area contributed by atoms with Crippen molar-refractivity contribution in [2.45, 2.75) is 11.8 Å². The monoisotopic (exact) mass is 448 g/mol. The fourth-order valence-electron chi connectivity index (χ4n) is 3.26. The maximum absolute atomic E-state index is 13.1. The van der Waals surface area contributed by atoms with E-state index in [9.17, 15) is 22.8 Å². The number of carbonyl (C=O) groups excluding carboxylic acids is 3. The van der Waals surface area contributed by atoms with Crippen LogP contribution in [0.1, 0.15) is 27.6 Å². The molecule has 30 heavy (non-hydrogen) atoms. The molecule has 1 aromatic carbocycles. The Bertz CT molecular complexity index is 1320. The first-order valence-electron chi connectivity index (χ1n) is 8.64. The van der Waals surface area contributed by atoms with Crippen LogP contribution in [0, 0.1) is 0 Å². The zero-order valence-electron chi connectivity index (χ0n) is 15.4. The van der Waals surface area contributed by atoms with Crippen LogP contribution in [0.3, 0.4) is 0 Å². The van der Waals surface area contributed by atoms with E-state index in [0.717, 1.165) is 4.90 Å². The fraction of sp³-hybridized carbons (Fsp3) is 0.158. The lowest BCUT2D eigenvalue weighted by Crippen LogP contribution is -2.33. The molecule has 3 heterocycles. The van der Waals surface area contributed by atoms with Crippen LogP contribution in [0.5, 0.6) is 0 Å². The SMILES string of the molecule is CC(=O)OCCN1C(=O)c2c(-c3ccco3)nc3ccc(S(=O)(=O)Cl)cc3c2C1=O. The molecule has 0 radical (unpaired) electrons. The van der Waals surface area contributed by atoms with Crippen molar-refractivity contribution in [1.82, 2.24) is 9.88 Å². The van der Waals surface area contributed by atoms with Crippen molar-refractivity contribution in [3.8, 4) is 11.5 Å². The maximum Gasteiger partial charge on any atom is 0.302 e. The molecular formula is C19H13ClN2O7S. The standard InChI is InChI=1S/C19H13ClN2O7S/c1-10(23)28-8-6-22-18(24)15-12-9-11(30(20,26)27)4-5-13(12)21-17(16(15)19(22)25)14-3-2-7-29-14/h2-5,7,9H,6,8H2,1H3. The molecule has 0 bridgehead atoms. The molecule has 0 saturated carbocycles. The molecule has 0 spiro atoms. The quantitative estimate of drug-likeness (QED) is 0.331. The highest BCUT2D eigenvalue weighted by atomic mass is 35.7. The Morgan fingerprint density at radius 2 is 1.93 bits per heavy atom. The van der Waals surface area contributed by atoms with Crippen LogP contribution in [0.15, 0.2) is 45.9 Å². The molecule has 1 aliphatic rings. The molecule has 154 valence electrons. The summed E-state index contributed by atoms with van der Waals surface area (Å²) in [5.41, 5.74) is 0.403. The van der Waals surface area contributed by atoms with E-state index in [1.807, 2.05) is 0 Å². The zero-order valence-corrected chi connectivity index (χ0v) is 17.0. The van der Waals surface area contributed by atoms with E-state index in [0.29, 0.717) is 0 Å². The zero-order chi connectivity index (χ0) is 21.6. The second kappa shape index (κ2) is 7.22. The molecular weight excluding hydrogens is 436 g/mol. The van der Waals surface area contributed by atoms with Gasteiger partial charge in [0.2, 0.25) is 0 Å². The topological polar surface area (TPSA) is 124 Å². The van der Waals surface area contributed by atoms with Gasteiger partial charge in [0.15, 0.2) is 5.76 Å². The number of imide groups is 1. The first kappa shape index (κ1) is 20.0. The van der Waals surface area contributed by atoms with Crippen LogP contribution in [0.25, 0.3) is 22.4 Å². The van der Waals surface area contributed by atoms with Gasteiger partial charge in [0, 0.05) is 23.0 Å². The van der Waals surface area contributed by atoms with Gasteiger partial charge in [-0.05, 0) is 30.3 Å². The lowest BCUT2D eigenvalue weighted by Gasteiger charge is -2.13. The number of hydrogen-bond donors (Lipinski definition) is 0. The number of rotatable bonds is 5. The number of furan rings is 1. The van der Waals surface area contributed by atoms with Gasteiger partial charge in [0.1, 0.15) is 12.3 Å². The van der Waals surface area contributed by atoms with E-state index in [1.165, 1.54) is 31.4 Å². The molecule has 0 saturated heterocycles. The lowest BCUT2D eigenvalue weighted by molar-refractivity contribution is -0.141. The number of pyridine rings is 1. The molecule has 0 fully saturated rings. The smallest absolute Gasteiger partial charge is 0.302 e. The van der Waals surface area contributed by atoms with E-state index < -0.39 is 26.8 Å². The molecule has 4 rings (SSSR count). The van der Waals surface area contributed by atoms with Gasteiger partial charge in [0.25, 0.3) is 20.9 Å². The second-order valence-corrected chi connectivity index (χ2v) is 8.97. The molecule has 11 heteroatoms. The number of ether oxygens (including phenoxy) is 1. The molecule has 2 aromatic heterocycles. The molecule has 0 unspecified atom stereocenters. The summed E-state index contributed by atoms with van der Waals surface area (Å²) in [4.78, 5) is 42.3. The van der Waals surface area contributed by atoms with Crippen molar-refractivity contribution in [2.24, 2.45) is 0 Å². The Morgan fingerprint density at radius 1 is 1.20 bits per heavy atom. The fourth-order valence-corrected chi connectivity index (χ4v) is 4.04. The predicted octanol–water partition coefficient (Wildman–Crippen LogP) is 2.58. The minimum Gasteiger partial charge on any atom is -0.464 e. The summed E-state index contributed by atoms with van der Waals surface area (Å²) >= 11 is 0. The number of aromatic nitrogens is 1. The third kappa shape index (κ3) is 3.33. The summed E-state index contributed by atoms with van der Waals surface area (Å²) in [5.74, 6) is -1.59. The summed E-state index contributed by atoms with van der Waals surface area (Å²) < 4.78 is 33.7. The van der Waals surface area contributed by atoms with Crippen LogP contribution in [-0.2, 0) is 18.6 Å². The highest BCUT2D eigenvalue weighted by Crippen LogP contribution is 2.37. The average Bonchev–Trinajstić information content (AvgIpc) is 3.29. The molecule has 0 aliphatic carbocycles. The molecule has 9 nitrogen and oxygen atoms in total. The minimum absolute atomic E-state index is 0.0126. The van der Waals surface area contributed by atoms with Gasteiger partial charge < -0.3 is 9.15 Å². The maximum atomic E-state index is 13.1. The Kier molecular flexibility index (Phi) is 4.83. The number of fused-ring (bicyclic) bond motifs is 3. The summed E-state index contributed by atoms with van der Waals surface area (Å²) in [5, 5.41) is 0.162. The number of halogens is 1. The van der Waals surface area contributed by atoms with Crippen molar-refractivity contribution >= 4 is 48.4 Å². The average molecular weight is 449 g/mol. The third-order valence-corrected chi connectivity index (χ3v) is 5.88. The molecule has 2 amide bonds. The van der Waals surface area contributed by atoms with Crippen molar-refractivity contribution in [3.05, 3.63) is 47.7 Å². The van der Waals surface area contributed by atoms with Gasteiger partial charge >= 0.3 is 5.97 Å². The van der Waals surface area contributed by atoms with Gasteiger partial charge in [-0.25, -0.2) is 13.4 Å². The van der Waals surface area contributed by atoms with Crippen LogP contribution in [0.4, 0.5) is 0 Å². The highest BCUT2D eigenvalue weighted by Gasteiger charge is 2.40. The van der Waals surface area contributed by atoms with Crippen molar-refractivity contribution in [2.75, 3.05) is 13.2 Å². The number of hydrogen-bond acceptors (Lipinski definition) is 8. The van der Waals surface area contributed by atoms with E-state index in [4.69, 9.17) is 19.8 Å². The van der Waals surface area contributed by atoms with Crippen LogP contribution < -0.4 is 0 Å². The van der Waals surface area contributed by atoms with Crippen molar-refractivity contribution < 1.29 is 32.0 Å². The third-order valence-electron chi connectivity index (χ3n) is 4.53. The predicted molar refractivity (Wildman–Crippen MR) is 104 cm³/mol. The van der Waals surface area contributed by atoms with E-state index in [-0.39, 0.29) is 51.5 Å². The Balaban J connectivity index is 1.94. The summed E-state index contributed by atoms with van der Waals surface area (Å²) in [6.07, 6.45) is 1.40. The van der Waals surface area contributed by atoms with E-state index >= 15 is 0 Å². The van der Waals surface area contributed by atoms with Gasteiger partial charge in [-0.2, -0.15) is 0 Å². The van der Waals surface area contributed by atoms with Crippen molar-refractivity contribution in [1.29, 1.82) is 0 Å². The second-order valence-electron chi connectivity index (χ2n) is 6.41. The van der Waals surface area contributed by atoms with Gasteiger partial charge in [0.05, 0.1) is 34.3 Å². The minimum atomic E-state index is -4.07. The molecule has 3 aromatic rings. The summed E-state index contributed by atoms with van der Waals surface area (Å²) in [6, 6.07) is 7.06. The lowest BCUT2D eigenvalue weighted by atomic mass is 10.0. The number of amides is 2. The van der Waals surface area contributed by atoms with Crippen molar-refractivity contribution in [3.63, 3.8) is 0 Å². The largest absolute Gasteiger partial charge is 0.464 e. The first-order valence-corrected chi connectivity index (χ1v) is 11.0. The number of esters is 1. The van der Waals surface area contributed by atoms with E-state index in [2.05, 4.69) is 4.98 Å². The molecule has 1 aliphatic heterocycles. The van der Waals surface area contributed by atoms with Gasteiger partial charge in [-0.3, -0.25) is 19.3 Å². The Hall–Kier alpha value is -3.24. The number of carbonyl (C=O) groups is 3. The number of benzene rings is 1. The first-order chi connectivity index (χ1) is 14.2. The number of nitrogens with zero attached hydrogens (tertiary/aromatic N) is 2. The van der Waals surface area contributed by atoms with E-state index in [1.54, 1.807) is 12.1 Å². The van der Waals surface area contributed by atoms with Gasteiger partial charge in [-0.1, -0.05) is 0 Å². The van der Waals surface area contributed by atoms with Crippen LogP contribution in [-0.4, -0.2) is 49.2 Å². The van der Waals surface area contributed by atoms with Gasteiger partial charge in [-0.15, -0.1) is 0 Å². The Labute approximate surface area is 174 Å².